The Balaban J connectivity index is 0.000000164. The van der Waals surface area contributed by atoms with Crippen molar-refractivity contribution in [1.82, 2.24) is 14.5 Å². The van der Waals surface area contributed by atoms with E-state index < -0.39 is 0 Å². The maximum absolute atomic E-state index is 11.9. The molecule has 0 amide bonds. The Labute approximate surface area is 452 Å². The van der Waals surface area contributed by atoms with Gasteiger partial charge in [0.15, 0.2) is 0 Å². The lowest BCUT2D eigenvalue weighted by atomic mass is 9.88. The van der Waals surface area contributed by atoms with Gasteiger partial charge in [0.1, 0.15) is 17.3 Å². The summed E-state index contributed by atoms with van der Waals surface area (Å²) in [7, 11) is 1.78. The first-order valence-corrected chi connectivity index (χ1v) is 27.3. The second-order valence-corrected chi connectivity index (χ2v) is 23.1. The fourth-order valence-electron chi connectivity index (χ4n) is 12.7. The van der Waals surface area contributed by atoms with Crippen LogP contribution in [-0.2, 0) is 34.2 Å². The molecule has 12 nitrogen and oxygen atoms in total. The number of carbonyl (C=O) groups excluding carboxylic acids is 2. The SMILES string of the molecule is CC(=O)[C@H]1C[C@@H]1c1ccc(N[C@@H]2CCc3c(-c4c(C)cc(-c5ccc(=O)n(C)c5)cc4C)ccc(N)c32)cn1.CC(=O)[C@H]1C[C@@H]1c1ccc(N[C@@H]2CCc3c(-c4c(C)cc(OCC5(C)COC5)cc4C)ccc(N)c32)cn1. The van der Waals surface area contributed by atoms with Gasteiger partial charge in [0.2, 0.25) is 5.56 Å². The number of nitrogens with two attached hydrogens (primary N) is 2. The molecule has 4 aromatic carbocycles. The average molecular weight is 1030 g/mol. The van der Waals surface area contributed by atoms with Crippen LogP contribution in [0, 0.1) is 44.9 Å². The average Bonchev–Trinajstić information content (AvgIpc) is 4.30. The number of pyridine rings is 3. The van der Waals surface area contributed by atoms with Gasteiger partial charge in [-0.3, -0.25) is 24.4 Å². The minimum atomic E-state index is -0.0133. The zero-order chi connectivity index (χ0) is 54.0. The monoisotopic (exact) mass is 1030 g/mol. The molecule has 0 bridgehead atoms. The number of nitrogens with one attached hydrogen (secondary N) is 2. The molecule has 3 fully saturated rings. The molecule has 0 spiro atoms. The molecule has 1 aliphatic heterocycles. The molecule has 6 atom stereocenters. The standard InChI is InChI=1S/C33H34N4O2.C32H37N3O3/c1-18-13-22(21-5-12-31(39)37(4)17-21)14-19(2)32(18)24-7-9-28(34)33-25(24)8-11-30(33)36-23-6-10-29(35-16-23)27-15-26(27)20(3)38;1-18-11-22(38-17-32(4)15-37-16-32)12-19(2)30(18)23-6-8-27(33)31-24(23)7-10-29(31)35-21-5-9-28(34-14-21)26-13-25(26)20(3)36/h5-7,9-10,12-14,16-17,26-27,30,36H,8,11,15,34H2,1-4H3;5-6,8-9,11-12,14,25-26,29,35H,7,10,13,15-17,33H2,1-4H3/t26-,27+,30-;25-,26+,29-/m11/s1. The first-order chi connectivity index (χ1) is 36.9. The van der Waals surface area contributed by atoms with E-state index in [-0.39, 0.29) is 58.3 Å². The van der Waals surface area contributed by atoms with Gasteiger partial charge in [-0.15, -0.1) is 0 Å². The number of anilines is 4. The van der Waals surface area contributed by atoms with Crippen LogP contribution in [0.3, 0.4) is 0 Å². The molecule has 4 aliphatic carbocycles. The maximum Gasteiger partial charge on any atom is 0.250 e. The third-order valence-corrected chi connectivity index (χ3v) is 17.0. The first-order valence-electron chi connectivity index (χ1n) is 27.3. The molecule has 5 aliphatic rings. The molecular weight excluding hydrogens is 959 g/mol. The summed E-state index contributed by atoms with van der Waals surface area (Å²) in [5.74, 6) is 2.27. The lowest BCUT2D eigenvalue weighted by Crippen LogP contribution is -2.44. The van der Waals surface area contributed by atoms with Crippen molar-refractivity contribution in [3.63, 3.8) is 0 Å². The van der Waals surface area contributed by atoms with Gasteiger partial charge in [-0.25, -0.2) is 0 Å². The van der Waals surface area contributed by atoms with Gasteiger partial charge >= 0.3 is 0 Å². The van der Waals surface area contributed by atoms with E-state index in [1.807, 2.05) is 42.9 Å². The fraction of sp³-hybridized carbons (Fsp3) is 0.369. The quantitative estimate of drug-likeness (QED) is 0.0763. The number of fused-ring (bicyclic) bond motifs is 2. The zero-order valence-corrected chi connectivity index (χ0v) is 45.7. The number of carbonyl (C=O) groups is 2. The molecule has 1 saturated heterocycles. The minimum absolute atomic E-state index is 0.0133. The number of benzene rings is 4. The Morgan fingerprint density at radius 2 is 1.16 bits per heavy atom. The molecule has 12 rings (SSSR count). The highest BCUT2D eigenvalue weighted by atomic mass is 16.5. The van der Waals surface area contributed by atoms with Crippen LogP contribution in [0.2, 0.25) is 0 Å². The number of Topliss-reactive ketones (excluding diaryl/α,β-unsaturated/α-hetero) is 2. The van der Waals surface area contributed by atoms with Crippen LogP contribution >= 0.6 is 0 Å². The maximum atomic E-state index is 11.9. The van der Waals surface area contributed by atoms with Crippen molar-refractivity contribution in [1.29, 1.82) is 0 Å². The molecule has 3 aromatic heterocycles. The summed E-state index contributed by atoms with van der Waals surface area (Å²) in [5.41, 5.74) is 35.8. The summed E-state index contributed by atoms with van der Waals surface area (Å²) in [4.78, 5) is 44.5. The largest absolute Gasteiger partial charge is 0.493 e. The van der Waals surface area contributed by atoms with Crippen molar-refractivity contribution >= 4 is 34.3 Å². The summed E-state index contributed by atoms with van der Waals surface area (Å²) in [6.07, 6.45) is 11.4. The van der Waals surface area contributed by atoms with E-state index in [1.165, 1.54) is 66.8 Å². The topological polar surface area (TPSA) is 176 Å². The number of aryl methyl sites for hydroxylation is 5. The van der Waals surface area contributed by atoms with E-state index in [0.29, 0.717) is 6.61 Å². The molecule has 396 valence electrons. The summed E-state index contributed by atoms with van der Waals surface area (Å²) in [5, 5.41) is 7.35. The lowest BCUT2D eigenvalue weighted by Gasteiger charge is -2.37. The molecule has 0 unspecified atom stereocenters. The number of hydrogen-bond acceptors (Lipinski definition) is 11. The Hall–Kier alpha value is -7.57. The van der Waals surface area contributed by atoms with E-state index in [9.17, 15) is 14.4 Å². The van der Waals surface area contributed by atoms with E-state index >= 15 is 0 Å². The van der Waals surface area contributed by atoms with Crippen LogP contribution in [-0.4, -0.2) is 45.9 Å². The number of nitrogens with zero attached hydrogens (tertiary/aromatic N) is 3. The van der Waals surface area contributed by atoms with E-state index in [2.05, 4.69) is 110 Å². The van der Waals surface area contributed by atoms with E-state index in [4.69, 9.17) is 20.9 Å². The van der Waals surface area contributed by atoms with Crippen molar-refractivity contribution in [3.05, 3.63) is 170 Å². The van der Waals surface area contributed by atoms with Gasteiger partial charge < -0.3 is 36.1 Å². The summed E-state index contributed by atoms with van der Waals surface area (Å²) < 4.78 is 13.2. The summed E-state index contributed by atoms with van der Waals surface area (Å²) in [6.45, 7) is 16.4. The second-order valence-electron chi connectivity index (χ2n) is 23.1. The van der Waals surface area contributed by atoms with Crippen LogP contribution < -0.4 is 32.4 Å². The van der Waals surface area contributed by atoms with Gasteiger partial charge in [0.25, 0.3) is 0 Å². The molecule has 0 radical (unpaired) electrons. The van der Waals surface area contributed by atoms with Gasteiger partial charge in [-0.1, -0.05) is 31.2 Å². The highest BCUT2D eigenvalue weighted by molar-refractivity contribution is 5.84. The molecule has 77 heavy (non-hydrogen) atoms. The molecule has 4 heterocycles. The number of rotatable bonds is 14. The van der Waals surface area contributed by atoms with Gasteiger partial charge in [-0.2, -0.15) is 0 Å². The highest BCUT2D eigenvalue weighted by Gasteiger charge is 2.44. The molecular formula is C65H71N7O5. The van der Waals surface area contributed by atoms with Crippen LogP contribution in [0.15, 0.2) is 108 Å². The Bertz CT molecular complexity index is 3480. The van der Waals surface area contributed by atoms with Gasteiger partial charge in [0.05, 0.1) is 55.7 Å². The number of ether oxygens (including phenoxy) is 2. The summed E-state index contributed by atoms with van der Waals surface area (Å²) >= 11 is 0. The van der Waals surface area contributed by atoms with Crippen LogP contribution in [0.5, 0.6) is 5.75 Å². The summed E-state index contributed by atoms with van der Waals surface area (Å²) in [6, 6.07) is 29.2. The van der Waals surface area contributed by atoms with Gasteiger partial charge in [-0.05, 0) is 201 Å². The predicted molar refractivity (Wildman–Crippen MR) is 308 cm³/mol. The zero-order valence-electron chi connectivity index (χ0n) is 45.7. The van der Waals surface area contributed by atoms with E-state index in [1.54, 1.807) is 31.5 Å². The highest BCUT2D eigenvalue weighted by Crippen LogP contribution is 2.50. The van der Waals surface area contributed by atoms with Crippen LogP contribution in [0.4, 0.5) is 22.7 Å². The smallest absolute Gasteiger partial charge is 0.250 e. The van der Waals surface area contributed by atoms with Crippen LogP contribution in [0.25, 0.3) is 33.4 Å². The third-order valence-electron chi connectivity index (χ3n) is 17.0. The molecule has 6 N–H and O–H groups in total. The van der Waals surface area contributed by atoms with Crippen molar-refractivity contribution < 1.29 is 19.1 Å². The Kier molecular flexibility index (Phi) is 13.7. The molecule has 2 saturated carbocycles. The Morgan fingerprint density at radius 1 is 0.675 bits per heavy atom. The van der Waals surface area contributed by atoms with E-state index in [0.717, 1.165) is 103 Å². The molecule has 7 aromatic rings. The minimum Gasteiger partial charge on any atom is -0.493 e. The van der Waals surface area contributed by atoms with Crippen molar-refractivity contribution in [2.45, 2.75) is 111 Å². The van der Waals surface area contributed by atoms with Crippen LogP contribution in [0.1, 0.15) is 126 Å². The lowest BCUT2D eigenvalue weighted by molar-refractivity contribution is -0.120. The normalized spacial score (nSPS) is 21.2. The van der Waals surface area contributed by atoms with Crippen molar-refractivity contribution in [2.24, 2.45) is 24.3 Å². The number of ketones is 2. The number of nitrogen functional groups attached to an aromatic ring is 2. The third kappa shape index (κ3) is 10.3. The number of aromatic nitrogens is 3. The van der Waals surface area contributed by atoms with Crippen molar-refractivity contribution in [3.8, 4) is 39.1 Å². The Morgan fingerprint density at radius 3 is 1.56 bits per heavy atom. The molecule has 12 heteroatoms. The number of hydrogen-bond donors (Lipinski definition) is 4. The second kappa shape index (κ2) is 20.4. The first kappa shape index (κ1) is 51.5. The predicted octanol–water partition coefficient (Wildman–Crippen LogP) is 12.3. The fourth-order valence-corrected chi connectivity index (χ4v) is 12.7. The van der Waals surface area contributed by atoms with Crippen molar-refractivity contribution in [2.75, 3.05) is 41.9 Å². The van der Waals surface area contributed by atoms with Gasteiger partial charge in [0, 0.05) is 82.3 Å².